The predicted molar refractivity (Wildman–Crippen MR) is 65.5 cm³/mol. The number of benzene rings is 1. The van der Waals surface area contributed by atoms with E-state index in [1.54, 1.807) is 0 Å². The molecule has 94 valence electrons. The lowest BCUT2D eigenvalue weighted by Crippen LogP contribution is -2.34. The number of carbonyl (C=O) groups excluding carboxylic acids is 1. The van der Waals surface area contributed by atoms with E-state index in [1.165, 1.54) is 0 Å². The van der Waals surface area contributed by atoms with Crippen LogP contribution in [0.25, 0.3) is 0 Å². The van der Waals surface area contributed by atoms with Crippen LogP contribution >= 0.6 is 0 Å². The lowest BCUT2D eigenvalue weighted by atomic mass is 10.1. The maximum atomic E-state index is 11.5. The minimum atomic E-state index is -0.375. The Morgan fingerprint density at radius 2 is 2.00 bits per heavy atom. The highest BCUT2D eigenvalue weighted by molar-refractivity contribution is 5.77. The molecule has 0 radical (unpaired) electrons. The van der Waals surface area contributed by atoms with E-state index in [4.69, 9.17) is 4.74 Å². The van der Waals surface area contributed by atoms with Crippen molar-refractivity contribution >= 4 is 5.91 Å². The van der Waals surface area contributed by atoms with Gasteiger partial charge in [0.2, 0.25) is 5.91 Å². The lowest BCUT2D eigenvalue weighted by Gasteiger charge is -2.17. The Balaban J connectivity index is 2.50. The number of carbonyl (C=O) groups is 1. The first kappa shape index (κ1) is 13.7. The van der Waals surface area contributed by atoms with Crippen LogP contribution in [0.5, 0.6) is 0 Å². The molecule has 0 aliphatic heterocycles. The Hall–Kier alpha value is -1.39. The van der Waals surface area contributed by atoms with Gasteiger partial charge in [-0.2, -0.15) is 0 Å². The largest absolute Gasteiger partial charge is 0.394 e. The zero-order valence-corrected chi connectivity index (χ0v) is 10.2. The highest BCUT2D eigenvalue weighted by Gasteiger charge is 2.13. The van der Waals surface area contributed by atoms with Gasteiger partial charge in [0.15, 0.2) is 0 Å². The molecule has 0 aliphatic rings. The highest BCUT2D eigenvalue weighted by Crippen LogP contribution is 2.11. The molecule has 2 N–H and O–H groups in total. The van der Waals surface area contributed by atoms with Gasteiger partial charge in [0, 0.05) is 0 Å². The molecule has 4 nitrogen and oxygen atoms in total. The summed E-state index contributed by atoms with van der Waals surface area (Å²) in [5, 5.41) is 12.0. The number of aliphatic hydroxyl groups excluding tert-OH is 1. The minimum Gasteiger partial charge on any atom is -0.394 e. The molecule has 1 rings (SSSR count). The summed E-state index contributed by atoms with van der Waals surface area (Å²) in [6.07, 6.45) is 0.0186. The fourth-order valence-electron chi connectivity index (χ4n) is 1.40. The summed E-state index contributed by atoms with van der Waals surface area (Å²) in [5.74, 6) is -0.221. The number of ether oxygens (including phenoxy) is 1. The van der Waals surface area contributed by atoms with Crippen LogP contribution in [0.15, 0.2) is 30.3 Å². The van der Waals surface area contributed by atoms with Crippen LogP contribution in [-0.4, -0.2) is 30.3 Å². The standard InChI is InChI=1S/C13H19NO3/c1-10(2)17-9-13(16)14-12(8-15)11-6-4-3-5-7-11/h3-7,10,12,15H,8-9H2,1-2H3,(H,14,16). The SMILES string of the molecule is CC(C)OCC(=O)NC(CO)c1ccccc1. The summed E-state index contributed by atoms with van der Waals surface area (Å²) >= 11 is 0. The Morgan fingerprint density at radius 3 is 2.53 bits per heavy atom. The molecule has 0 saturated heterocycles. The van der Waals surface area contributed by atoms with E-state index in [1.807, 2.05) is 44.2 Å². The molecule has 0 aromatic heterocycles. The summed E-state index contributed by atoms with van der Waals surface area (Å²) in [6.45, 7) is 3.63. The Morgan fingerprint density at radius 1 is 1.35 bits per heavy atom. The van der Waals surface area contributed by atoms with E-state index >= 15 is 0 Å². The molecule has 1 aromatic carbocycles. The van der Waals surface area contributed by atoms with Crippen LogP contribution in [0.1, 0.15) is 25.5 Å². The zero-order valence-electron chi connectivity index (χ0n) is 10.2. The number of aliphatic hydroxyl groups is 1. The maximum Gasteiger partial charge on any atom is 0.246 e. The van der Waals surface area contributed by atoms with Crippen molar-refractivity contribution in [2.75, 3.05) is 13.2 Å². The highest BCUT2D eigenvalue weighted by atomic mass is 16.5. The fourth-order valence-corrected chi connectivity index (χ4v) is 1.40. The van der Waals surface area contributed by atoms with Crippen LogP contribution in [0.2, 0.25) is 0 Å². The van der Waals surface area contributed by atoms with Crippen LogP contribution in [-0.2, 0) is 9.53 Å². The number of rotatable bonds is 6. The molecule has 1 amide bonds. The summed E-state index contributed by atoms with van der Waals surface area (Å²) in [7, 11) is 0. The fraction of sp³-hybridized carbons (Fsp3) is 0.462. The number of nitrogens with one attached hydrogen (secondary N) is 1. The number of hydrogen-bond acceptors (Lipinski definition) is 3. The summed E-state index contributed by atoms with van der Waals surface area (Å²) in [4.78, 5) is 11.5. The third kappa shape index (κ3) is 4.97. The Kier molecular flexibility index (Phi) is 5.66. The van der Waals surface area contributed by atoms with E-state index < -0.39 is 0 Å². The molecule has 0 heterocycles. The molecule has 1 atom stereocenters. The zero-order chi connectivity index (χ0) is 12.7. The van der Waals surface area contributed by atoms with Gasteiger partial charge in [-0.25, -0.2) is 0 Å². The van der Waals surface area contributed by atoms with Gasteiger partial charge in [-0.05, 0) is 19.4 Å². The van der Waals surface area contributed by atoms with Gasteiger partial charge in [0.05, 0.1) is 18.8 Å². The van der Waals surface area contributed by atoms with Crippen molar-refractivity contribution in [1.82, 2.24) is 5.32 Å². The first-order chi connectivity index (χ1) is 8.13. The molecule has 4 heteroatoms. The van der Waals surface area contributed by atoms with Crippen molar-refractivity contribution in [2.24, 2.45) is 0 Å². The van der Waals surface area contributed by atoms with Crippen molar-refractivity contribution in [3.05, 3.63) is 35.9 Å². The van der Waals surface area contributed by atoms with Crippen molar-refractivity contribution in [3.8, 4) is 0 Å². The molecular weight excluding hydrogens is 218 g/mol. The molecule has 1 aromatic rings. The second kappa shape index (κ2) is 7.04. The van der Waals surface area contributed by atoms with E-state index in [0.29, 0.717) is 0 Å². The Bertz CT molecular complexity index is 338. The van der Waals surface area contributed by atoms with E-state index in [2.05, 4.69) is 5.32 Å². The first-order valence-electron chi connectivity index (χ1n) is 5.70. The average molecular weight is 237 g/mol. The third-order valence-corrected chi connectivity index (χ3v) is 2.27. The molecule has 0 bridgehead atoms. The number of amides is 1. The third-order valence-electron chi connectivity index (χ3n) is 2.27. The van der Waals surface area contributed by atoms with Crippen LogP contribution in [0, 0.1) is 0 Å². The van der Waals surface area contributed by atoms with E-state index in [-0.39, 0.29) is 31.3 Å². The second-order valence-electron chi connectivity index (χ2n) is 4.07. The summed E-state index contributed by atoms with van der Waals surface area (Å²) < 4.78 is 5.19. The minimum absolute atomic E-state index is 0.0149. The molecule has 0 fully saturated rings. The molecule has 0 aliphatic carbocycles. The second-order valence-corrected chi connectivity index (χ2v) is 4.07. The maximum absolute atomic E-state index is 11.5. The first-order valence-corrected chi connectivity index (χ1v) is 5.70. The van der Waals surface area contributed by atoms with Gasteiger partial charge < -0.3 is 15.2 Å². The van der Waals surface area contributed by atoms with Crippen molar-refractivity contribution in [2.45, 2.75) is 26.0 Å². The van der Waals surface area contributed by atoms with Gasteiger partial charge in [-0.3, -0.25) is 4.79 Å². The van der Waals surface area contributed by atoms with Gasteiger partial charge in [-0.1, -0.05) is 30.3 Å². The van der Waals surface area contributed by atoms with Gasteiger partial charge in [0.1, 0.15) is 6.61 Å². The average Bonchev–Trinajstić information content (AvgIpc) is 2.34. The quantitative estimate of drug-likeness (QED) is 0.783. The van der Waals surface area contributed by atoms with Crippen molar-refractivity contribution in [3.63, 3.8) is 0 Å². The molecule has 1 unspecified atom stereocenters. The normalized spacial score (nSPS) is 12.5. The van der Waals surface area contributed by atoms with Crippen molar-refractivity contribution < 1.29 is 14.6 Å². The molecule has 17 heavy (non-hydrogen) atoms. The number of hydrogen-bond donors (Lipinski definition) is 2. The Labute approximate surface area is 102 Å². The summed E-state index contributed by atoms with van der Waals surface area (Å²) in [6, 6.07) is 8.99. The van der Waals surface area contributed by atoms with E-state index in [0.717, 1.165) is 5.56 Å². The van der Waals surface area contributed by atoms with Crippen LogP contribution in [0.4, 0.5) is 0 Å². The summed E-state index contributed by atoms with van der Waals surface area (Å²) in [5.41, 5.74) is 0.882. The smallest absolute Gasteiger partial charge is 0.246 e. The molecule has 0 saturated carbocycles. The van der Waals surface area contributed by atoms with Gasteiger partial charge in [-0.15, -0.1) is 0 Å². The molecule has 0 spiro atoms. The van der Waals surface area contributed by atoms with Crippen LogP contribution in [0.3, 0.4) is 0 Å². The molecular formula is C13H19NO3. The lowest BCUT2D eigenvalue weighted by molar-refractivity contribution is -0.128. The monoisotopic (exact) mass is 237 g/mol. The van der Waals surface area contributed by atoms with Gasteiger partial charge >= 0.3 is 0 Å². The van der Waals surface area contributed by atoms with Crippen LogP contribution < -0.4 is 5.32 Å². The predicted octanol–water partition coefficient (Wildman–Crippen LogP) is 1.26. The topological polar surface area (TPSA) is 58.6 Å². The van der Waals surface area contributed by atoms with Gasteiger partial charge in [0.25, 0.3) is 0 Å². The van der Waals surface area contributed by atoms with E-state index in [9.17, 15) is 9.90 Å². The van der Waals surface area contributed by atoms with Crippen molar-refractivity contribution in [1.29, 1.82) is 0 Å².